The Morgan fingerprint density at radius 3 is 2.00 bits per heavy atom. The van der Waals surface area contributed by atoms with E-state index in [2.05, 4.69) is 16.0 Å². The molecule has 0 radical (unpaired) electrons. The van der Waals surface area contributed by atoms with Gasteiger partial charge in [-0.05, 0) is 68.8 Å². The topological polar surface area (TPSA) is 125 Å². The van der Waals surface area contributed by atoms with E-state index in [1.165, 1.54) is 6.42 Å². The number of hydrogen-bond donors (Lipinski definition) is 3. The van der Waals surface area contributed by atoms with Crippen LogP contribution >= 0.6 is 0 Å². The van der Waals surface area contributed by atoms with E-state index in [0.29, 0.717) is 38.1 Å². The fourth-order valence-electron chi connectivity index (χ4n) is 8.11. The Hall–Kier alpha value is -3.23. The normalized spacial score (nSPS) is 23.3. The second-order valence-corrected chi connectivity index (χ2v) is 14.3. The van der Waals surface area contributed by atoms with Gasteiger partial charge in [-0.1, -0.05) is 102 Å². The summed E-state index contributed by atoms with van der Waals surface area (Å²) in [5, 5.41) is 8.88. The molecule has 0 aromatic heterocycles. The smallest absolute Gasteiger partial charge is 0.290 e. The Morgan fingerprint density at radius 2 is 1.40 bits per heavy atom. The van der Waals surface area contributed by atoms with Gasteiger partial charge in [0.05, 0.1) is 12.1 Å². The Balaban J connectivity index is 1.49. The zero-order valence-corrected chi connectivity index (χ0v) is 29.1. The number of ketones is 1. The van der Waals surface area contributed by atoms with Crippen molar-refractivity contribution in [3.8, 4) is 0 Å². The molecule has 6 atom stereocenters. The lowest BCUT2D eigenvalue weighted by Gasteiger charge is -2.37. The van der Waals surface area contributed by atoms with Crippen LogP contribution in [0.5, 0.6) is 0 Å². The molecule has 1 aliphatic heterocycles. The Kier molecular flexibility index (Phi) is 13.9. The standard InChI is InChI=1S/C38H58N4O5/c1-5-16-31(34(43)37(46)39-26(4)29-19-12-8-13-20-29)40-36(45)33-27(6-2)23-24-42(33)38(47)32(30-21-14-9-15-22-30)41-35(44)25(3)28-17-10-7-11-18-28/h8,12-13,19-20,25-28,30-33H,5-7,9-11,14-18,21-24H2,1-4H3,(H,39,46)(H,40,45)(H,41,44)/t25?,26-,27-,31?,32?,33-/m0/s1. The van der Waals surface area contributed by atoms with Crippen molar-refractivity contribution in [1.82, 2.24) is 20.9 Å². The number of Topliss-reactive ketones (excluding diaryl/α,β-unsaturated/α-hetero) is 1. The number of likely N-dealkylation sites (tertiary alicyclic amines) is 1. The lowest BCUT2D eigenvalue weighted by molar-refractivity contribution is -0.145. The maximum absolute atomic E-state index is 14.5. The Labute approximate surface area is 281 Å². The first kappa shape index (κ1) is 36.6. The van der Waals surface area contributed by atoms with E-state index in [4.69, 9.17) is 0 Å². The monoisotopic (exact) mass is 650 g/mol. The maximum Gasteiger partial charge on any atom is 0.290 e. The summed E-state index contributed by atoms with van der Waals surface area (Å²) in [6.07, 6.45) is 12.8. The number of carbonyl (C=O) groups excluding carboxylic acids is 5. The lowest BCUT2D eigenvalue weighted by Crippen LogP contribution is -2.59. The maximum atomic E-state index is 14.5. The molecule has 3 unspecified atom stereocenters. The average Bonchev–Trinajstić information content (AvgIpc) is 3.55. The Morgan fingerprint density at radius 1 is 0.787 bits per heavy atom. The van der Waals surface area contributed by atoms with Crippen LogP contribution in [-0.2, 0) is 24.0 Å². The van der Waals surface area contributed by atoms with E-state index < -0.39 is 35.7 Å². The molecule has 3 fully saturated rings. The first-order chi connectivity index (χ1) is 22.7. The molecule has 4 amide bonds. The highest BCUT2D eigenvalue weighted by molar-refractivity contribution is 6.38. The largest absolute Gasteiger partial charge is 0.344 e. The lowest BCUT2D eigenvalue weighted by atomic mass is 9.79. The fraction of sp³-hybridized carbons (Fsp3) is 0.711. The third kappa shape index (κ3) is 9.44. The van der Waals surface area contributed by atoms with Crippen LogP contribution in [0.2, 0.25) is 0 Å². The highest BCUT2D eigenvalue weighted by Crippen LogP contribution is 2.34. The number of carbonyl (C=O) groups is 5. The van der Waals surface area contributed by atoms with Crippen LogP contribution in [0, 0.1) is 23.7 Å². The molecule has 1 aromatic carbocycles. The predicted molar refractivity (Wildman–Crippen MR) is 183 cm³/mol. The van der Waals surface area contributed by atoms with Crippen LogP contribution in [0.3, 0.4) is 0 Å². The van der Waals surface area contributed by atoms with Crippen molar-refractivity contribution in [3.05, 3.63) is 35.9 Å². The zero-order chi connectivity index (χ0) is 33.9. The SMILES string of the molecule is CCCC(NC(=O)[C@@H]1[C@@H](CC)CCN1C(=O)C(NC(=O)C(C)C1CCCCC1)C1CCCCC1)C(=O)C(=O)N[C@@H](C)c1ccccc1. The minimum atomic E-state index is -0.990. The van der Waals surface area contributed by atoms with Crippen LogP contribution in [0.1, 0.15) is 129 Å². The van der Waals surface area contributed by atoms with Gasteiger partial charge >= 0.3 is 0 Å². The highest BCUT2D eigenvalue weighted by Gasteiger charge is 2.46. The summed E-state index contributed by atoms with van der Waals surface area (Å²) < 4.78 is 0. The molecular weight excluding hydrogens is 592 g/mol. The van der Waals surface area contributed by atoms with Gasteiger partial charge in [0.2, 0.25) is 23.5 Å². The van der Waals surface area contributed by atoms with Gasteiger partial charge in [-0.3, -0.25) is 24.0 Å². The molecule has 3 aliphatic rings. The van der Waals surface area contributed by atoms with Crippen molar-refractivity contribution in [2.24, 2.45) is 23.7 Å². The second kappa shape index (κ2) is 17.8. The summed E-state index contributed by atoms with van der Waals surface area (Å²) in [4.78, 5) is 70.3. The van der Waals surface area contributed by atoms with E-state index in [0.717, 1.165) is 63.4 Å². The van der Waals surface area contributed by atoms with E-state index >= 15 is 0 Å². The molecule has 0 bridgehead atoms. The van der Waals surface area contributed by atoms with E-state index in [9.17, 15) is 24.0 Å². The van der Waals surface area contributed by atoms with Gasteiger partial charge in [0.1, 0.15) is 12.1 Å². The summed E-state index contributed by atoms with van der Waals surface area (Å²) >= 11 is 0. The highest BCUT2D eigenvalue weighted by atomic mass is 16.2. The first-order valence-corrected chi connectivity index (χ1v) is 18.5. The minimum absolute atomic E-state index is 0.0351. The van der Waals surface area contributed by atoms with Crippen molar-refractivity contribution in [2.75, 3.05) is 6.54 Å². The van der Waals surface area contributed by atoms with Gasteiger partial charge in [-0.25, -0.2) is 0 Å². The van der Waals surface area contributed by atoms with Gasteiger partial charge in [0.15, 0.2) is 0 Å². The summed E-state index contributed by atoms with van der Waals surface area (Å²) in [5.41, 5.74) is 0.878. The van der Waals surface area contributed by atoms with E-state index in [-0.39, 0.29) is 35.6 Å². The molecule has 1 aromatic rings. The van der Waals surface area contributed by atoms with Gasteiger partial charge in [0.25, 0.3) is 5.91 Å². The summed E-state index contributed by atoms with van der Waals surface area (Å²) in [5.74, 6) is -1.94. The molecule has 9 heteroatoms. The summed E-state index contributed by atoms with van der Waals surface area (Å²) in [6.45, 7) is 8.16. The number of nitrogens with one attached hydrogen (secondary N) is 3. The van der Waals surface area contributed by atoms with Gasteiger partial charge in [0, 0.05) is 12.5 Å². The fourth-order valence-corrected chi connectivity index (χ4v) is 8.11. The Bertz CT molecular complexity index is 1210. The van der Waals surface area contributed by atoms with Crippen LogP contribution in [-0.4, -0.2) is 59.0 Å². The zero-order valence-electron chi connectivity index (χ0n) is 29.1. The molecule has 47 heavy (non-hydrogen) atoms. The van der Waals surface area contributed by atoms with Crippen molar-refractivity contribution in [3.63, 3.8) is 0 Å². The number of amides is 4. The van der Waals surface area contributed by atoms with Crippen LogP contribution < -0.4 is 16.0 Å². The van der Waals surface area contributed by atoms with E-state index in [1.54, 1.807) is 4.90 Å². The predicted octanol–water partition coefficient (Wildman–Crippen LogP) is 5.63. The van der Waals surface area contributed by atoms with Crippen molar-refractivity contribution < 1.29 is 24.0 Å². The number of nitrogens with zero attached hydrogens (tertiary/aromatic N) is 1. The van der Waals surface area contributed by atoms with Gasteiger partial charge in [-0.15, -0.1) is 0 Å². The van der Waals surface area contributed by atoms with Crippen molar-refractivity contribution in [2.45, 2.75) is 142 Å². The van der Waals surface area contributed by atoms with Crippen LogP contribution in [0.4, 0.5) is 0 Å². The molecule has 1 saturated heterocycles. The quantitative estimate of drug-likeness (QED) is 0.225. The molecule has 0 spiro atoms. The third-order valence-corrected chi connectivity index (χ3v) is 11.1. The second-order valence-electron chi connectivity index (χ2n) is 14.3. The van der Waals surface area contributed by atoms with Crippen molar-refractivity contribution >= 4 is 29.4 Å². The number of rotatable bonds is 14. The molecule has 1 heterocycles. The first-order valence-electron chi connectivity index (χ1n) is 18.5. The number of benzene rings is 1. The molecule has 9 nitrogen and oxygen atoms in total. The average molecular weight is 651 g/mol. The third-order valence-electron chi connectivity index (χ3n) is 11.1. The number of hydrogen-bond acceptors (Lipinski definition) is 5. The molecule has 2 aliphatic carbocycles. The minimum Gasteiger partial charge on any atom is -0.344 e. The van der Waals surface area contributed by atoms with Gasteiger partial charge in [-0.2, -0.15) is 0 Å². The molecule has 260 valence electrons. The van der Waals surface area contributed by atoms with Crippen LogP contribution in [0.15, 0.2) is 30.3 Å². The summed E-state index contributed by atoms with van der Waals surface area (Å²) in [6, 6.07) is 6.62. The summed E-state index contributed by atoms with van der Waals surface area (Å²) in [7, 11) is 0. The van der Waals surface area contributed by atoms with Crippen molar-refractivity contribution in [1.29, 1.82) is 0 Å². The van der Waals surface area contributed by atoms with Gasteiger partial charge < -0.3 is 20.9 Å². The molecule has 2 saturated carbocycles. The van der Waals surface area contributed by atoms with Crippen LogP contribution in [0.25, 0.3) is 0 Å². The van der Waals surface area contributed by atoms with E-state index in [1.807, 2.05) is 58.0 Å². The molecular formula is C38H58N4O5. The molecule has 3 N–H and O–H groups in total. The molecule has 4 rings (SSSR count).